The Balaban J connectivity index is 1.58. The Bertz CT molecular complexity index is 1540. The van der Waals surface area contributed by atoms with Crippen LogP contribution < -0.4 is 10.6 Å². The molecule has 4 aromatic heterocycles. The number of nitrogens with one attached hydrogen (secondary N) is 3. The van der Waals surface area contributed by atoms with Gasteiger partial charge in [0.1, 0.15) is 23.0 Å². The topological polar surface area (TPSA) is 130 Å². The van der Waals surface area contributed by atoms with Gasteiger partial charge >= 0.3 is 0 Å². The number of fused-ring (bicyclic) bond motifs is 2. The Hall–Kier alpha value is -3.99. The Morgan fingerprint density at radius 2 is 1.81 bits per heavy atom. The van der Waals surface area contributed by atoms with Crippen LogP contribution in [0.25, 0.3) is 16.8 Å². The second kappa shape index (κ2) is 7.06. The SMILES string of the molecule is Cc1nc2c(Nc3ccccc3S(C)(=O)=O)cc(Nc3ccn4nccc4n3)nc2[nH]1. The molecule has 156 valence electrons. The van der Waals surface area contributed by atoms with Gasteiger partial charge in [-0.3, -0.25) is 0 Å². The fourth-order valence-electron chi connectivity index (χ4n) is 3.32. The molecule has 0 amide bonds. The molecule has 5 rings (SSSR count). The quantitative estimate of drug-likeness (QED) is 0.384. The summed E-state index contributed by atoms with van der Waals surface area (Å²) in [4.78, 5) is 16.9. The number of imidazole rings is 1. The molecule has 5 aromatic rings. The van der Waals surface area contributed by atoms with E-state index in [4.69, 9.17) is 0 Å². The number of rotatable bonds is 5. The first-order chi connectivity index (χ1) is 14.9. The highest BCUT2D eigenvalue weighted by atomic mass is 32.2. The third kappa shape index (κ3) is 3.66. The number of hydrogen-bond acceptors (Lipinski definition) is 8. The molecule has 0 aliphatic heterocycles. The van der Waals surface area contributed by atoms with Crippen molar-refractivity contribution in [2.24, 2.45) is 0 Å². The van der Waals surface area contributed by atoms with E-state index in [9.17, 15) is 8.42 Å². The van der Waals surface area contributed by atoms with E-state index in [1.165, 1.54) is 6.26 Å². The summed E-state index contributed by atoms with van der Waals surface area (Å²) in [6.07, 6.45) is 4.65. The molecule has 0 aliphatic rings. The smallest absolute Gasteiger partial charge is 0.177 e. The third-order valence-electron chi connectivity index (χ3n) is 4.64. The lowest BCUT2D eigenvalue weighted by molar-refractivity contribution is 0.602. The number of aromatic amines is 1. The molecule has 0 aliphatic carbocycles. The van der Waals surface area contributed by atoms with Crippen molar-refractivity contribution in [1.82, 2.24) is 29.5 Å². The summed E-state index contributed by atoms with van der Waals surface area (Å²) in [6, 6.07) is 12.1. The molecule has 1 aromatic carbocycles. The van der Waals surface area contributed by atoms with Crippen molar-refractivity contribution >= 4 is 49.7 Å². The summed E-state index contributed by atoms with van der Waals surface area (Å²) in [6.45, 7) is 1.83. The maximum absolute atomic E-state index is 12.2. The zero-order valence-electron chi connectivity index (χ0n) is 16.7. The summed E-state index contributed by atoms with van der Waals surface area (Å²) in [5.41, 5.74) is 2.93. The van der Waals surface area contributed by atoms with Crippen LogP contribution in [-0.2, 0) is 9.84 Å². The highest BCUT2D eigenvalue weighted by Crippen LogP contribution is 2.31. The van der Waals surface area contributed by atoms with Gasteiger partial charge < -0.3 is 15.6 Å². The lowest BCUT2D eigenvalue weighted by atomic mass is 10.2. The van der Waals surface area contributed by atoms with E-state index in [0.717, 1.165) is 0 Å². The van der Waals surface area contributed by atoms with Crippen LogP contribution in [0.3, 0.4) is 0 Å². The largest absolute Gasteiger partial charge is 0.352 e. The van der Waals surface area contributed by atoms with Crippen LogP contribution in [0.1, 0.15) is 5.82 Å². The van der Waals surface area contributed by atoms with Gasteiger partial charge in [-0.05, 0) is 25.1 Å². The summed E-state index contributed by atoms with van der Waals surface area (Å²) < 4.78 is 26.1. The number of aryl methyl sites for hydroxylation is 1. The Morgan fingerprint density at radius 1 is 0.968 bits per heavy atom. The lowest BCUT2D eigenvalue weighted by Gasteiger charge is -2.13. The minimum atomic E-state index is -3.42. The molecule has 0 bridgehead atoms. The molecule has 0 fully saturated rings. The van der Waals surface area contributed by atoms with E-state index < -0.39 is 9.84 Å². The number of anilines is 4. The first-order valence-electron chi connectivity index (χ1n) is 9.38. The molecule has 0 saturated heterocycles. The first-order valence-corrected chi connectivity index (χ1v) is 11.3. The van der Waals surface area contributed by atoms with Crippen LogP contribution in [0, 0.1) is 6.92 Å². The molecule has 11 heteroatoms. The fraction of sp³-hybridized carbons (Fsp3) is 0.100. The number of hydrogen-bond donors (Lipinski definition) is 3. The molecule has 0 saturated carbocycles. The number of H-pyrrole nitrogens is 1. The molecule has 0 unspecified atom stereocenters. The van der Waals surface area contributed by atoms with Gasteiger partial charge in [0, 0.05) is 24.6 Å². The van der Waals surface area contributed by atoms with Gasteiger partial charge in [-0.25, -0.2) is 27.9 Å². The van der Waals surface area contributed by atoms with Gasteiger partial charge in [0.05, 0.1) is 22.5 Å². The van der Waals surface area contributed by atoms with Crippen molar-refractivity contribution in [3.63, 3.8) is 0 Å². The third-order valence-corrected chi connectivity index (χ3v) is 5.80. The standard InChI is InChI=1S/C20H18N8O2S/c1-12-22-19-14(24-13-5-3-4-6-15(13)31(2,29)30)11-17(27-20(19)23-12)25-16-8-10-28-18(26-16)7-9-21-28/h3-11H,1-2H3,(H3,22,23,24,25,26,27). The normalized spacial score (nSPS) is 11.8. The van der Waals surface area contributed by atoms with Crippen LogP contribution in [0.2, 0.25) is 0 Å². The molecular weight excluding hydrogens is 416 g/mol. The maximum Gasteiger partial charge on any atom is 0.177 e. The number of aromatic nitrogens is 6. The average Bonchev–Trinajstić information content (AvgIpc) is 3.33. The van der Waals surface area contributed by atoms with Crippen LogP contribution in [-0.4, -0.2) is 44.2 Å². The predicted octanol–water partition coefficient (Wildman–Crippen LogP) is 3.20. The molecule has 0 radical (unpaired) electrons. The number of pyridine rings is 1. The van der Waals surface area contributed by atoms with Gasteiger partial charge in [-0.1, -0.05) is 12.1 Å². The van der Waals surface area contributed by atoms with Gasteiger partial charge in [-0.2, -0.15) is 5.10 Å². The van der Waals surface area contributed by atoms with Crippen LogP contribution in [0.15, 0.2) is 59.8 Å². The van der Waals surface area contributed by atoms with Crippen LogP contribution in [0.5, 0.6) is 0 Å². The van der Waals surface area contributed by atoms with E-state index in [2.05, 4.69) is 35.7 Å². The Morgan fingerprint density at radius 3 is 2.65 bits per heavy atom. The molecule has 4 heterocycles. The van der Waals surface area contributed by atoms with Crippen LogP contribution in [0.4, 0.5) is 23.0 Å². The van der Waals surface area contributed by atoms with E-state index in [-0.39, 0.29) is 4.90 Å². The minimum Gasteiger partial charge on any atom is -0.352 e. The molecule has 0 atom stereocenters. The lowest BCUT2D eigenvalue weighted by Crippen LogP contribution is -2.04. The maximum atomic E-state index is 12.2. The highest BCUT2D eigenvalue weighted by molar-refractivity contribution is 7.90. The molecule has 0 spiro atoms. The van der Waals surface area contributed by atoms with Crippen molar-refractivity contribution in [3.05, 3.63) is 60.7 Å². The van der Waals surface area contributed by atoms with E-state index in [0.29, 0.717) is 45.6 Å². The van der Waals surface area contributed by atoms with Crippen molar-refractivity contribution < 1.29 is 8.42 Å². The Labute approximate surface area is 177 Å². The zero-order chi connectivity index (χ0) is 21.6. The fourth-order valence-corrected chi connectivity index (χ4v) is 4.16. The van der Waals surface area contributed by atoms with Crippen molar-refractivity contribution in [2.75, 3.05) is 16.9 Å². The Kier molecular flexibility index (Phi) is 4.33. The second-order valence-electron chi connectivity index (χ2n) is 7.04. The van der Waals surface area contributed by atoms with Crippen molar-refractivity contribution in [1.29, 1.82) is 0 Å². The first kappa shape index (κ1) is 19.0. The summed E-state index contributed by atoms with van der Waals surface area (Å²) >= 11 is 0. The van der Waals surface area contributed by atoms with Crippen molar-refractivity contribution in [3.8, 4) is 0 Å². The van der Waals surface area contributed by atoms with E-state index >= 15 is 0 Å². The highest BCUT2D eigenvalue weighted by Gasteiger charge is 2.16. The number of para-hydroxylation sites is 1. The van der Waals surface area contributed by atoms with Gasteiger partial charge in [0.25, 0.3) is 0 Å². The predicted molar refractivity (Wildman–Crippen MR) is 118 cm³/mol. The van der Waals surface area contributed by atoms with E-state index in [1.54, 1.807) is 59.4 Å². The average molecular weight is 434 g/mol. The summed E-state index contributed by atoms with van der Waals surface area (Å²) in [5.74, 6) is 1.81. The van der Waals surface area contributed by atoms with Gasteiger partial charge in [0.15, 0.2) is 21.1 Å². The molecule has 3 N–H and O–H groups in total. The van der Waals surface area contributed by atoms with E-state index in [1.807, 2.05) is 6.92 Å². The molecule has 31 heavy (non-hydrogen) atoms. The summed E-state index contributed by atoms with van der Waals surface area (Å²) in [7, 11) is -3.42. The van der Waals surface area contributed by atoms with Crippen LogP contribution >= 0.6 is 0 Å². The van der Waals surface area contributed by atoms with Crippen molar-refractivity contribution in [2.45, 2.75) is 11.8 Å². The minimum absolute atomic E-state index is 0.203. The molecular formula is C20H18N8O2S. The number of sulfone groups is 1. The molecule has 10 nitrogen and oxygen atoms in total. The van der Waals surface area contributed by atoms with Gasteiger partial charge in [-0.15, -0.1) is 0 Å². The monoisotopic (exact) mass is 434 g/mol. The summed E-state index contributed by atoms with van der Waals surface area (Å²) in [5, 5.41) is 10.5. The van der Waals surface area contributed by atoms with Gasteiger partial charge in [0.2, 0.25) is 0 Å². The zero-order valence-corrected chi connectivity index (χ0v) is 17.5. The second-order valence-corrected chi connectivity index (χ2v) is 9.02. The number of benzene rings is 1. The number of nitrogens with zero attached hydrogens (tertiary/aromatic N) is 5.